The molecule has 4 aliphatic carbocycles. The quantitative estimate of drug-likeness (QED) is 0.0914. The van der Waals surface area contributed by atoms with E-state index in [1.54, 1.807) is 21.8 Å². The van der Waals surface area contributed by atoms with Crippen LogP contribution in [0.1, 0.15) is 90.5 Å². The van der Waals surface area contributed by atoms with Gasteiger partial charge in [0.25, 0.3) is 11.1 Å². The molecule has 18 nitrogen and oxygen atoms in total. The molecule has 0 radical (unpaired) electrons. The summed E-state index contributed by atoms with van der Waals surface area (Å²) in [6.45, 7) is 1.43. The number of aryl methyl sites for hydroxylation is 2. The molecule has 0 unspecified atom stereocenters. The number of nitrogens with zero attached hydrogens (tertiary/aromatic N) is 13. The number of halogens is 2. The normalized spacial score (nSPS) is 15.1. The van der Waals surface area contributed by atoms with E-state index < -0.39 is 0 Å². The molecule has 3 N–H and O–H groups in total. The van der Waals surface area contributed by atoms with Gasteiger partial charge >= 0.3 is 0 Å². The van der Waals surface area contributed by atoms with Crippen LogP contribution in [0.2, 0.25) is 5.15 Å². The Labute approximate surface area is 433 Å². The van der Waals surface area contributed by atoms with Crippen LogP contribution >= 0.6 is 24.0 Å². The van der Waals surface area contributed by atoms with Gasteiger partial charge in [0, 0.05) is 103 Å². The molecule has 20 heteroatoms. The van der Waals surface area contributed by atoms with Crippen molar-refractivity contribution in [3.8, 4) is 39.7 Å². The van der Waals surface area contributed by atoms with Crippen molar-refractivity contribution in [3.05, 3.63) is 140 Å². The first-order chi connectivity index (χ1) is 35.6. The number of carbonyl (C=O) groups excluding carboxylic acids is 1. The van der Waals surface area contributed by atoms with E-state index >= 15 is 0 Å². The minimum atomic E-state index is -0.276. The third-order valence-electron chi connectivity index (χ3n) is 14.3. The van der Waals surface area contributed by atoms with Gasteiger partial charge in [-0.2, -0.15) is 35.0 Å². The molecule has 0 bridgehead atoms. The molecule has 4 aliphatic rings. The van der Waals surface area contributed by atoms with Crippen molar-refractivity contribution in [3.63, 3.8) is 0 Å². The maximum absolute atomic E-state index is 14.1. The summed E-state index contributed by atoms with van der Waals surface area (Å²) in [6, 6.07) is 21.4. The first-order valence-electron chi connectivity index (χ1n) is 24.5. The number of fused-ring (bicyclic) bond motifs is 4. The Kier molecular flexibility index (Phi) is 12.6. The predicted molar refractivity (Wildman–Crippen MR) is 283 cm³/mol. The third kappa shape index (κ3) is 8.85. The van der Waals surface area contributed by atoms with E-state index in [4.69, 9.17) is 27.0 Å². The van der Waals surface area contributed by atoms with Crippen LogP contribution in [0, 0.1) is 23.2 Å². The summed E-state index contributed by atoms with van der Waals surface area (Å²) in [5.74, 6) is 5.61. The van der Waals surface area contributed by atoms with Crippen LogP contribution in [-0.4, -0.2) is 69.7 Å². The Morgan fingerprint density at radius 2 is 1.18 bits per heavy atom. The Morgan fingerprint density at radius 1 is 0.676 bits per heavy atom. The smallest absolute Gasteiger partial charge is 0.281 e. The van der Waals surface area contributed by atoms with E-state index in [9.17, 15) is 19.6 Å². The number of rotatable bonds is 11. The van der Waals surface area contributed by atoms with E-state index in [0.29, 0.717) is 91.1 Å². The fraction of sp³-hybridized carbons (Fsp3) is 0.296. The number of aldehydes is 1. The molecule has 0 aliphatic heterocycles. The van der Waals surface area contributed by atoms with Crippen molar-refractivity contribution >= 4 is 74.2 Å². The SMILES string of the molecule is Cl.Cn1cc2cc(-n3nc4c(C#N)c(Cl)n(CC5CC5)c4c(-c4ccc(C5CC5)nc4)c3=O)ccc2n1.Cn1cc2cc(-n3nc4c(C=O)cn(CC5CC5)c4c(-c4ccc(C5CC5)nc4)c3=O)ccc2n1.NO. The van der Waals surface area contributed by atoms with Crippen molar-refractivity contribution in [2.75, 3.05) is 0 Å². The Balaban J connectivity index is 0.000000152. The van der Waals surface area contributed by atoms with Gasteiger partial charge in [0.05, 0.1) is 50.1 Å². The van der Waals surface area contributed by atoms with Gasteiger partial charge < -0.3 is 14.3 Å². The zero-order valence-electron chi connectivity index (χ0n) is 40.5. The van der Waals surface area contributed by atoms with Gasteiger partial charge in [-0.1, -0.05) is 23.7 Å². The zero-order valence-corrected chi connectivity index (χ0v) is 42.0. The van der Waals surface area contributed by atoms with Gasteiger partial charge in [0.15, 0.2) is 6.29 Å². The summed E-state index contributed by atoms with van der Waals surface area (Å²) in [5, 5.41) is 36.9. The number of aromatic nitrogens is 12. The molecule has 0 atom stereocenters. The molecule has 74 heavy (non-hydrogen) atoms. The molecule has 2 aromatic carbocycles. The number of benzene rings is 2. The number of nitriles is 1. The van der Waals surface area contributed by atoms with Crippen LogP contribution < -0.4 is 17.0 Å². The van der Waals surface area contributed by atoms with Crippen molar-refractivity contribution < 1.29 is 10.0 Å². The molecular weight excluding hydrogens is 980 g/mol. The molecule has 10 aromatic rings. The third-order valence-corrected chi connectivity index (χ3v) is 14.7. The van der Waals surface area contributed by atoms with Crippen molar-refractivity contribution in [2.45, 2.75) is 76.3 Å². The Bertz CT molecular complexity index is 4000. The van der Waals surface area contributed by atoms with Crippen LogP contribution in [0.15, 0.2) is 101 Å². The average Bonchev–Trinajstić information content (AvgIpc) is 4.19. The topological polar surface area (TPSA) is 228 Å². The summed E-state index contributed by atoms with van der Waals surface area (Å²) in [7, 11) is 3.72. The standard InChI is InChI=1S/C27H22ClN7O.C27H24N6O2.ClH.H3NO/c1-33-14-18-10-19(7-9-22(18)31-33)35-27(36)23(17-6-8-21(30-12-17)16-4-5-16)25-24(32-35)20(11-29)26(28)34(25)13-15-2-3-15;1-31-13-19-10-21(7-9-23(19)29-31)33-27(35)24(18-6-8-22(28-11-18)17-4-5-17)26-25(30-33)20(15-34)14-32(26)12-16-2-3-16;;1-2/h6-10,12,14-16H,2-5,13H2,1H3;6-11,13-17H,2-5,12H2,1H3;1H;2H,1H2. The molecule has 374 valence electrons. The highest BCUT2D eigenvalue weighted by molar-refractivity contribution is 6.32. The molecule has 4 fully saturated rings. The molecule has 0 amide bonds. The fourth-order valence-corrected chi connectivity index (χ4v) is 10.2. The highest BCUT2D eigenvalue weighted by Crippen LogP contribution is 2.42. The Hall–Kier alpha value is -7.82. The largest absolute Gasteiger partial charge is 0.344 e. The maximum Gasteiger partial charge on any atom is 0.281 e. The lowest BCUT2D eigenvalue weighted by molar-refractivity contribution is 0.112. The second-order valence-electron chi connectivity index (χ2n) is 19.8. The first-order valence-corrected chi connectivity index (χ1v) is 24.9. The van der Waals surface area contributed by atoms with Gasteiger partial charge in [-0.25, -0.2) is 5.90 Å². The van der Waals surface area contributed by atoms with Crippen molar-refractivity contribution in [1.82, 2.24) is 58.2 Å². The fourth-order valence-electron chi connectivity index (χ4n) is 9.96. The minimum absolute atomic E-state index is 0. The molecule has 0 saturated heterocycles. The lowest BCUT2D eigenvalue weighted by Crippen LogP contribution is -2.24. The van der Waals surface area contributed by atoms with Gasteiger partial charge in [-0.3, -0.25) is 33.7 Å². The number of pyridine rings is 2. The molecule has 0 spiro atoms. The molecular formula is C54H50Cl2N14O4. The second-order valence-corrected chi connectivity index (χ2v) is 20.1. The highest BCUT2D eigenvalue weighted by Gasteiger charge is 2.32. The van der Waals surface area contributed by atoms with Gasteiger partial charge in [-0.15, -0.1) is 12.4 Å². The second kappa shape index (κ2) is 19.2. The van der Waals surface area contributed by atoms with Crippen LogP contribution in [-0.2, 0) is 27.2 Å². The number of nitrogens with two attached hydrogens (primary N) is 1. The summed E-state index contributed by atoms with van der Waals surface area (Å²) in [5.41, 5.74) is 10.0. The summed E-state index contributed by atoms with van der Waals surface area (Å²) < 4.78 is 10.2. The van der Waals surface area contributed by atoms with E-state index in [1.807, 2.05) is 102 Å². The van der Waals surface area contributed by atoms with Gasteiger partial charge in [0.1, 0.15) is 27.8 Å². The summed E-state index contributed by atoms with van der Waals surface area (Å²) in [6.07, 6.45) is 19.2. The van der Waals surface area contributed by atoms with E-state index in [1.165, 1.54) is 35.0 Å². The molecule has 8 aromatic heterocycles. The van der Waals surface area contributed by atoms with Crippen LogP contribution in [0.5, 0.6) is 0 Å². The number of carbonyl (C=O) groups is 1. The number of hydrogen-bond acceptors (Lipinski definition) is 12. The molecule has 14 rings (SSSR count). The zero-order chi connectivity index (χ0) is 50.2. The monoisotopic (exact) mass is 1030 g/mol. The van der Waals surface area contributed by atoms with Crippen LogP contribution in [0.3, 0.4) is 0 Å². The number of hydrogen-bond donors (Lipinski definition) is 2. The summed E-state index contributed by atoms with van der Waals surface area (Å²) >= 11 is 6.75. The van der Waals surface area contributed by atoms with E-state index in [0.717, 1.165) is 77.3 Å². The summed E-state index contributed by atoms with van der Waals surface area (Å²) in [4.78, 5) is 49.6. The van der Waals surface area contributed by atoms with Crippen molar-refractivity contribution in [1.29, 1.82) is 5.26 Å². The van der Waals surface area contributed by atoms with E-state index in [2.05, 4.69) is 32.1 Å². The highest BCUT2D eigenvalue weighted by atomic mass is 35.5. The maximum atomic E-state index is 14.1. The first kappa shape index (κ1) is 48.4. The lowest BCUT2D eigenvalue weighted by Gasteiger charge is -2.13. The minimum Gasteiger partial charge on any atom is -0.344 e. The Morgan fingerprint density at radius 3 is 1.64 bits per heavy atom. The van der Waals surface area contributed by atoms with Crippen LogP contribution in [0.25, 0.3) is 77.5 Å². The molecule has 8 heterocycles. The molecule has 4 saturated carbocycles. The van der Waals surface area contributed by atoms with Gasteiger partial charge in [-0.05, 0) is 112 Å². The van der Waals surface area contributed by atoms with Crippen molar-refractivity contribution in [2.24, 2.45) is 31.8 Å². The van der Waals surface area contributed by atoms with Crippen LogP contribution in [0.4, 0.5) is 0 Å². The predicted octanol–water partition coefficient (Wildman–Crippen LogP) is 8.94. The van der Waals surface area contributed by atoms with E-state index in [-0.39, 0.29) is 29.1 Å². The lowest BCUT2D eigenvalue weighted by atomic mass is 10.1. The van der Waals surface area contributed by atoms with Gasteiger partial charge in [0.2, 0.25) is 0 Å². The average molecular weight is 1030 g/mol.